The van der Waals surface area contributed by atoms with E-state index < -0.39 is 80.0 Å². The predicted molar refractivity (Wildman–Crippen MR) is 386 cm³/mol. The van der Waals surface area contributed by atoms with E-state index >= 15 is 0 Å². The predicted octanol–water partition coefficient (Wildman–Crippen LogP) is 10.2. The fraction of sp³-hybridized carbons (Fsp3) is 0.422. The van der Waals surface area contributed by atoms with Crippen molar-refractivity contribution in [3.05, 3.63) is 287 Å². The lowest BCUT2D eigenvalue weighted by Gasteiger charge is -2.41. The van der Waals surface area contributed by atoms with Gasteiger partial charge in [0, 0.05) is 0 Å². The molecule has 554 valence electrons. The molecule has 5 atom stereocenters. The van der Waals surface area contributed by atoms with Gasteiger partial charge in [0.2, 0.25) is 0 Å². The van der Waals surface area contributed by atoms with Gasteiger partial charge >= 0.3 is 0 Å². The first-order chi connectivity index (χ1) is 50.8. The zero-order valence-corrected chi connectivity index (χ0v) is 58.6. The minimum atomic E-state index is -1.77. The first kappa shape index (κ1) is 80.1. The molecule has 0 aliphatic carbocycles. The molecule has 1 saturated heterocycles. The van der Waals surface area contributed by atoms with Crippen molar-refractivity contribution in [3.8, 4) is 0 Å². The van der Waals surface area contributed by atoms with Crippen LogP contribution < -0.4 is 0 Å². The van der Waals surface area contributed by atoms with E-state index in [1.54, 1.807) is 0 Å². The minimum Gasteiger partial charge on any atom is -0.394 e. The van der Waals surface area contributed by atoms with Crippen LogP contribution in [0.25, 0.3) is 0 Å². The van der Waals surface area contributed by atoms with Crippen molar-refractivity contribution < 1.29 is 96.2 Å². The summed E-state index contributed by atoms with van der Waals surface area (Å²) in [5, 5.41) is 44.0. The highest BCUT2D eigenvalue weighted by atomic mass is 16.7. The van der Waals surface area contributed by atoms with Crippen molar-refractivity contribution >= 4 is 0 Å². The Hall–Kier alpha value is -7.04. The van der Waals surface area contributed by atoms with Crippen molar-refractivity contribution in [3.63, 3.8) is 0 Å². The second kappa shape index (κ2) is 48.1. The fourth-order valence-electron chi connectivity index (χ4n) is 10.9. The van der Waals surface area contributed by atoms with Gasteiger partial charge in [-0.3, -0.25) is 0 Å². The van der Waals surface area contributed by atoms with Crippen molar-refractivity contribution in [2.45, 2.75) is 126 Å². The molecule has 1 aliphatic heterocycles. The molecule has 8 aromatic carbocycles. The molecule has 0 aromatic heterocycles. The van der Waals surface area contributed by atoms with Gasteiger partial charge in [-0.2, -0.15) is 0 Å². The topological polar surface area (TPSA) is 229 Å². The van der Waals surface area contributed by atoms with Crippen LogP contribution in [0, 0.1) is 0 Å². The number of hydrogen-bond acceptors (Lipinski definition) is 20. The van der Waals surface area contributed by atoms with Gasteiger partial charge in [-0.1, -0.05) is 243 Å². The van der Waals surface area contributed by atoms with E-state index in [0.717, 1.165) is 44.5 Å². The van der Waals surface area contributed by atoms with Gasteiger partial charge in [0.05, 0.1) is 152 Å². The molecule has 103 heavy (non-hydrogen) atoms. The summed E-state index contributed by atoms with van der Waals surface area (Å²) in [6, 6.07) is 78.9. The Kier molecular flexibility index (Phi) is 37.4. The Labute approximate surface area is 606 Å². The van der Waals surface area contributed by atoms with Crippen LogP contribution in [0.4, 0.5) is 0 Å². The molecular weight excluding hydrogens is 1320 g/mol. The van der Waals surface area contributed by atoms with Gasteiger partial charge in [-0.05, 0) is 44.5 Å². The molecule has 0 bridgehead atoms. The van der Waals surface area contributed by atoms with E-state index in [1.807, 2.05) is 243 Å². The standard InChI is InChI=1S/C83H102O20/c84-41-79-80(85)81(86)82(87)83(103-79)102-78(62-100-76(58-96-72(50-88-42-64-25-9-1-10-26-64)51-89-43-65-27-11-2-12-28-65)59-97-73(52-90-44-66-29-13-3-14-30-66)53-91-45-67-31-15-4-16-32-67)63-101-77(60-98-74(54-92-46-68-33-17-5-18-34-68)55-93-47-69-35-19-6-20-36-69)61-99-75(56-94-48-70-37-21-7-22-38-70)57-95-49-71-39-23-8-24-40-71/h1-40,72-87H,41-63H2/t79-,80+,81+,82-,83-/m1/s1. The third-order valence-electron chi connectivity index (χ3n) is 16.6. The zero-order valence-electron chi connectivity index (χ0n) is 58.6. The normalized spacial score (nSPS) is 16.4. The molecule has 1 aliphatic rings. The van der Waals surface area contributed by atoms with Crippen LogP contribution in [0.2, 0.25) is 0 Å². The largest absolute Gasteiger partial charge is 0.394 e. The molecule has 9 rings (SSSR count). The van der Waals surface area contributed by atoms with E-state index in [9.17, 15) is 20.4 Å². The quantitative estimate of drug-likeness (QED) is 0.0278. The van der Waals surface area contributed by atoms with Crippen LogP contribution in [-0.4, -0.2) is 193 Å². The average molecular weight is 1420 g/mol. The molecule has 0 spiro atoms. The first-order valence-electron chi connectivity index (χ1n) is 35.4. The summed E-state index contributed by atoms with van der Waals surface area (Å²) in [5.41, 5.74) is 7.93. The van der Waals surface area contributed by atoms with Crippen molar-refractivity contribution in [1.29, 1.82) is 0 Å². The molecule has 0 unspecified atom stereocenters. The molecule has 4 N–H and O–H groups in total. The maximum Gasteiger partial charge on any atom is 0.187 e. The summed E-state index contributed by atoms with van der Waals surface area (Å²) in [6.45, 7) is 2.61. The number of rotatable bonds is 53. The second-order valence-corrected chi connectivity index (χ2v) is 25.2. The SMILES string of the molecule is OC[C@H]1O[C@@H](OC(COC(COC(COCc2ccccc2)COCc2ccccc2)COC(COCc2ccccc2)COCc2ccccc2)COC(COC(COCc2ccccc2)COCc2ccccc2)COC(COCc2ccccc2)COCc2ccccc2)[C@H](O)[C@@H](O)[C@H]1O. The van der Waals surface area contributed by atoms with Crippen LogP contribution in [-0.2, 0) is 129 Å². The molecule has 0 amide bonds. The summed E-state index contributed by atoms with van der Waals surface area (Å²) >= 11 is 0. The third-order valence-corrected chi connectivity index (χ3v) is 16.6. The molecule has 20 nitrogen and oxygen atoms in total. The molecule has 20 heteroatoms. The number of aliphatic hydroxyl groups excluding tert-OH is 4. The fourth-order valence-corrected chi connectivity index (χ4v) is 10.9. The van der Waals surface area contributed by atoms with Crippen LogP contribution >= 0.6 is 0 Å². The van der Waals surface area contributed by atoms with Crippen LogP contribution in [0.1, 0.15) is 44.5 Å². The van der Waals surface area contributed by atoms with Crippen molar-refractivity contribution in [1.82, 2.24) is 0 Å². The number of hydrogen-bond donors (Lipinski definition) is 4. The van der Waals surface area contributed by atoms with Gasteiger partial charge in [0.25, 0.3) is 0 Å². The molecule has 8 aromatic rings. The van der Waals surface area contributed by atoms with Crippen molar-refractivity contribution in [2.24, 2.45) is 0 Å². The number of benzene rings is 8. The highest BCUT2D eigenvalue weighted by Crippen LogP contribution is 2.24. The summed E-state index contributed by atoms with van der Waals surface area (Å²) in [7, 11) is 0. The Bertz CT molecular complexity index is 2770. The maximum atomic E-state index is 11.6. The van der Waals surface area contributed by atoms with E-state index in [0.29, 0.717) is 52.9 Å². The van der Waals surface area contributed by atoms with Gasteiger partial charge in [0.1, 0.15) is 67.1 Å². The second-order valence-electron chi connectivity index (χ2n) is 25.2. The van der Waals surface area contributed by atoms with Crippen LogP contribution in [0.3, 0.4) is 0 Å². The zero-order chi connectivity index (χ0) is 71.4. The molecule has 1 fully saturated rings. The van der Waals surface area contributed by atoms with E-state index in [2.05, 4.69) is 0 Å². The lowest BCUT2D eigenvalue weighted by molar-refractivity contribution is -0.318. The maximum absolute atomic E-state index is 11.6. The molecule has 1 heterocycles. The monoisotopic (exact) mass is 1420 g/mol. The smallest absolute Gasteiger partial charge is 0.187 e. The summed E-state index contributed by atoms with van der Waals surface area (Å²) in [4.78, 5) is 0. The Morgan fingerprint density at radius 3 is 0.612 bits per heavy atom. The highest BCUT2D eigenvalue weighted by molar-refractivity contribution is 5.19. The van der Waals surface area contributed by atoms with E-state index in [-0.39, 0.29) is 92.5 Å². The molecular formula is C83H102O20. The lowest BCUT2D eigenvalue weighted by Crippen LogP contribution is -2.60. The average Bonchev–Trinajstić information content (AvgIpc) is 0.830. The molecule has 0 saturated carbocycles. The van der Waals surface area contributed by atoms with Crippen molar-refractivity contribution in [2.75, 3.05) is 99.1 Å². The Morgan fingerprint density at radius 2 is 0.417 bits per heavy atom. The third kappa shape index (κ3) is 31.7. The van der Waals surface area contributed by atoms with Crippen LogP contribution in [0.15, 0.2) is 243 Å². The van der Waals surface area contributed by atoms with E-state index in [4.69, 9.17) is 75.8 Å². The molecule has 0 radical (unpaired) electrons. The number of ether oxygens (including phenoxy) is 16. The summed E-state index contributed by atoms with van der Waals surface area (Å²) in [6.07, 6.45) is -13.2. The van der Waals surface area contributed by atoms with Crippen LogP contribution in [0.5, 0.6) is 0 Å². The summed E-state index contributed by atoms with van der Waals surface area (Å²) in [5.74, 6) is 0. The Balaban J connectivity index is 0.979. The van der Waals surface area contributed by atoms with Gasteiger partial charge in [-0.15, -0.1) is 0 Å². The lowest BCUT2D eigenvalue weighted by atomic mass is 9.99. The highest BCUT2D eigenvalue weighted by Gasteiger charge is 2.45. The van der Waals surface area contributed by atoms with Gasteiger partial charge < -0.3 is 96.2 Å². The summed E-state index contributed by atoms with van der Waals surface area (Å²) < 4.78 is 104. The van der Waals surface area contributed by atoms with Gasteiger partial charge in [0.15, 0.2) is 6.29 Å². The number of aliphatic hydroxyl groups is 4. The minimum absolute atomic E-state index is 0.0470. The first-order valence-corrected chi connectivity index (χ1v) is 35.4. The Morgan fingerprint density at radius 1 is 0.233 bits per heavy atom. The van der Waals surface area contributed by atoms with E-state index in [1.165, 1.54) is 0 Å². The van der Waals surface area contributed by atoms with Gasteiger partial charge in [-0.25, -0.2) is 0 Å².